The number of benzene rings is 1. The Labute approximate surface area is 141 Å². The molecule has 24 heavy (non-hydrogen) atoms. The normalized spacial score (nSPS) is 12.0. The predicted octanol–water partition coefficient (Wildman–Crippen LogP) is 3.07. The number of imide groups is 1. The van der Waals surface area contributed by atoms with Gasteiger partial charge in [0.05, 0.1) is 18.8 Å². The molecule has 1 aromatic heterocycles. The van der Waals surface area contributed by atoms with Crippen LogP contribution in [0.5, 0.6) is 0 Å². The van der Waals surface area contributed by atoms with Crippen molar-refractivity contribution < 1.29 is 14.0 Å². The van der Waals surface area contributed by atoms with E-state index in [0.29, 0.717) is 12.2 Å². The highest BCUT2D eigenvalue weighted by molar-refractivity contribution is 6.03. The molecule has 0 aliphatic heterocycles. The maximum absolute atomic E-state index is 12.2. The molecule has 1 aromatic carbocycles. The minimum atomic E-state index is -0.537. The number of hydrogen-bond acceptors (Lipinski definition) is 4. The molecule has 0 bridgehead atoms. The van der Waals surface area contributed by atoms with Crippen LogP contribution in [0.25, 0.3) is 0 Å². The van der Waals surface area contributed by atoms with Gasteiger partial charge in [0.1, 0.15) is 5.76 Å². The minimum Gasteiger partial charge on any atom is -0.468 e. The molecule has 6 heteroatoms. The van der Waals surface area contributed by atoms with Gasteiger partial charge < -0.3 is 9.73 Å². The van der Waals surface area contributed by atoms with Crippen LogP contribution in [0.1, 0.15) is 23.8 Å². The van der Waals surface area contributed by atoms with Gasteiger partial charge in [0.2, 0.25) is 5.91 Å². The van der Waals surface area contributed by atoms with Crippen LogP contribution in [0.4, 0.5) is 10.5 Å². The smallest absolute Gasteiger partial charge is 0.325 e. The van der Waals surface area contributed by atoms with Crippen LogP contribution in [0.3, 0.4) is 0 Å². The highest BCUT2D eigenvalue weighted by Gasteiger charge is 2.21. The van der Waals surface area contributed by atoms with Crippen LogP contribution >= 0.6 is 0 Å². The van der Waals surface area contributed by atoms with Gasteiger partial charge in [-0.25, -0.2) is 4.79 Å². The second-order valence-electron chi connectivity index (χ2n) is 5.93. The van der Waals surface area contributed by atoms with Crippen LogP contribution < -0.4 is 10.6 Å². The zero-order valence-corrected chi connectivity index (χ0v) is 14.4. The van der Waals surface area contributed by atoms with Gasteiger partial charge in [-0.2, -0.15) is 0 Å². The first kappa shape index (κ1) is 17.7. The summed E-state index contributed by atoms with van der Waals surface area (Å²) in [4.78, 5) is 26.0. The first-order chi connectivity index (χ1) is 11.4. The molecule has 0 saturated carbocycles. The van der Waals surface area contributed by atoms with Gasteiger partial charge in [-0.05, 0) is 51.6 Å². The third-order valence-electron chi connectivity index (χ3n) is 3.89. The van der Waals surface area contributed by atoms with Crippen molar-refractivity contribution in [2.24, 2.45) is 0 Å². The number of nitrogens with zero attached hydrogens (tertiary/aromatic N) is 1. The van der Waals surface area contributed by atoms with Crippen molar-refractivity contribution in [3.05, 3.63) is 53.5 Å². The van der Waals surface area contributed by atoms with Crippen molar-refractivity contribution in [1.82, 2.24) is 10.2 Å². The first-order valence-electron chi connectivity index (χ1n) is 7.78. The van der Waals surface area contributed by atoms with E-state index in [-0.39, 0.29) is 5.91 Å². The Morgan fingerprint density at radius 1 is 1.25 bits per heavy atom. The standard InChI is InChI=1S/C18H23N3O3/c1-12-7-8-16(13(2)10-12)19-18(23)20-17(22)14(3)21(4)11-15-6-5-9-24-15/h5-10,14H,11H2,1-4H3,(H2,19,20,22,23). The molecule has 0 aliphatic rings. The third-order valence-corrected chi connectivity index (χ3v) is 3.89. The van der Waals surface area contributed by atoms with Crippen LogP contribution in [-0.2, 0) is 11.3 Å². The lowest BCUT2D eigenvalue weighted by molar-refractivity contribution is -0.124. The molecule has 0 radical (unpaired) electrons. The van der Waals surface area contributed by atoms with E-state index >= 15 is 0 Å². The topological polar surface area (TPSA) is 74.6 Å². The number of hydrogen-bond donors (Lipinski definition) is 2. The van der Waals surface area contributed by atoms with E-state index in [9.17, 15) is 9.59 Å². The van der Waals surface area contributed by atoms with E-state index in [0.717, 1.165) is 16.9 Å². The number of amides is 3. The van der Waals surface area contributed by atoms with Crippen LogP contribution in [-0.4, -0.2) is 29.9 Å². The van der Waals surface area contributed by atoms with Crippen molar-refractivity contribution >= 4 is 17.6 Å². The lowest BCUT2D eigenvalue weighted by Crippen LogP contribution is -2.46. The highest BCUT2D eigenvalue weighted by atomic mass is 16.3. The van der Waals surface area contributed by atoms with Gasteiger partial charge in [-0.15, -0.1) is 0 Å². The Bertz CT molecular complexity index is 710. The van der Waals surface area contributed by atoms with Gasteiger partial charge in [-0.1, -0.05) is 17.7 Å². The quantitative estimate of drug-likeness (QED) is 0.884. The molecule has 0 fully saturated rings. The first-order valence-corrected chi connectivity index (χ1v) is 7.78. The van der Waals surface area contributed by atoms with E-state index in [1.54, 1.807) is 31.2 Å². The number of carbonyl (C=O) groups excluding carboxylic acids is 2. The summed E-state index contributed by atoms with van der Waals surface area (Å²) < 4.78 is 5.26. The number of furan rings is 1. The summed E-state index contributed by atoms with van der Waals surface area (Å²) in [5.74, 6) is 0.392. The van der Waals surface area contributed by atoms with Crippen LogP contribution in [0.15, 0.2) is 41.0 Å². The van der Waals surface area contributed by atoms with Crippen molar-refractivity contribution in [2.75, 3.05) is 12.4 Å². The zero-order valence-electron chi connectivity index (χ0n) is 14.4. The fourth-order valence-electron chi connectivity index (χ4n) is 2.31. The zero-order chi connectivity index (χ0) is 17.7. The molecule has 1 unspecified atom stereocenters. The average molecular weight is 329 g/mol. The van der Waals surface area contributed by atoms with E-state index in [2.05, 4.69) is 10.6 Å². The molecule has 128 valence electrons. The van der Waals surface area contributed by atoms with Crippen molar-refractivity contribution in [1.29, 1.82) is 0 Å². The number of nitrogens with one attached hydrogen (secondary N) is 2. The van der Waals surface area contributed by atoms with Gasteiger partial charge >= 0.3 is 6.03 Å². The molecule has 0 aliphatic carbocycles. The van der Waals surface area contributed by atoms with Crippen molar-refractivity contribution in [3.8, 4) is 0 Å². The Kier molecular flexibility index (Phi) is 5.76. The third kappa shape index (κ3) is 4.70. The summed E-state index contributed by atoms with van der Waals surface area (Å²) in [6, 6.07) is 8.33. The summed E-state index contributed by atoms with van der Waals surface area (Å²) >= 11 is 0. The monoisotopic (exact) mass is 329 g/mol. The molecule has 6 nitrogen and oxygen atoms in total. The largest absolute Gasteiger partial charge is 0.468 e. The molecule has 2 rings (SSSR count). The number of anilines is 1. The molecule has 3 amide bonds. The fraction of sp³-hybridized carbons (Fsp3) is 0.333. The molecule has 0 spiro atoms. The summed E-state index contributed by atoms with van der Waals surface area (Å²) in [7, 11) is 1.80. The number of likely N-dealkylation sites (N-methyl/N-ethyl adjacent to an activating group) is 1. The van der Waals surface area contributed by atoms with Crippen molar-refractivity contribution in [2.45, 2.75) is 33.4 Å². The molecule has 1 heterocycles. The molecule has 2 aromatic rings. The van der Waals surface area contributed by atoms with Crippen LogP contribution in [0.2, 0.25) is 0 Å². The van der Waals surface area contributed by atoms with Gasteiger partial charge in [0.15, 0.2) is 0 Å². The van der Waals surface area contributed by atoms with E-state index in [1.807, 2.05) is 38.1 Å². The summed E-state index contributed by atoms with van der Waals surface area (Å²) in [5, 5.41) is 5.07. The van der Waals surface area contributed by atoms with E-state index in [1.165, 1.54) is 0 Å². The van der Waals surface area contributed by atoms with Gasteiger partial charge in [0, 0.05) is 5.69 Å². The fourth-order valence-corrected chi connectivity index (χ4v) is 2.31. The Balaban J connectivity index is 1.89. The predicted molar refractivity (Wildman–Crippen MR) is 92.7 cm³/mol. The van der Waals surface area contributed by atoms with Gasteiger partial charge in [0.25, 0.3) is 0 Å². The number of rotatable bonds is 5. The minimum absolute atomic E-state index is 0.369. The number of urea groups is 1. The molecule has 1 atom stereocenters. The van der Waals surface area contributed by atoms with Crippen LogP contribution in [0, 0.1) is 13.8 Å². The van der Waals surface area contributed by atoms with E-state index in [4.69, 9.17) is 4.42 Å². The lowest BCUT2D eigenvalue weighted by Gasteiger charge is -2.22. The average Bonchev–Trinajstić information content (AvgIpc) is 3.02. The molecular weight excluding hydrogens is 306 g/mol. The highest BCUT2D eigenvalue weighted by Crippen LogP contribution is 2.15. The maximum Gasteiger partial charge on any atom is 0.325 e. The van der Waals surface area contributed by atoms with Crippen molar-refractivity contribution in [3.63, 3.8) is 0 Å². The lowest BCUT2D eigenvalue weighted by atomic mass is 10.1. The Morgan fingerprint density at radius 3 is 2.62 bits per heavy atom. The number of carbonyl (C=O) groups is 2. The Hall–Kier alpha value is -2.60. The summed E-state index contributed by atoms with van der Waals surface area (Å²) in [6.07, 6.45) is 1.59. The Morgan fingerprint density at radius 2 is 2.00 bits per heavy atom. The maximum atomic E-state index is 12.2. The second-order valence-corrected chi connectivity index (χ2v) is 5.93. The second kappa shape index (κ2) is 7.79. The SMILES string of the molecule is Cc1ccc(NC(=O)NC(=O)C(C)N(C)Cc2ccco2)c(C)c1. The molecule has 0 saturated heterocycles. The number of aryl methyl sites for hydroxylation is 2. The molecular formula is C18H23N3O3. The summed E-state index contributed by atoms with van der Waals surface area (Å²) in [5.41, 5.74) is 2.74. The van der Waals surface area contributed by atoms with E-state index < -0.39 is 12.1 Å². The molecule has 2 N–H and O–H groups in total. The summed E-state index contributed by atoms with van der Waals surface area (Å²) in [6.45, 7) is 6.12. The van der Waals surface area contributed by atoms with Gasteiger partial charge in [-0.3, -0.25) is 15.0 Å².